The van der Waals surface area contributed by atoms with Gasteiger partial charge in [0, 0.05) is 25.0 Å². The van der Waals surface area contributed by atoms with Gasteiger partial charge in [0.05, 0.1) is 0 Å². The molecule has 4 bridgehead atoms. The number of hydrogen-bond acceptors (Lipinski definition) is 2. The van der Waals surface area contributed by atoms with Crippen molar-refractivity contribution < 1.29 is 0 Å². The molecule has 0 unspecified atom stereocenters. The number of rotatable bonds is 3. The smallest absolute Gasteiger partial charge is 0.0271 e. The van der Waals surface area contributed by atoms with Gasteiger partial charge in [-0.15, -0.1) is 12.4 Å². The molecular weight excluding hydrogens is 256 g/mol. The molecule has 0 amide bonds. The minimum Gasteiger partial charge on any atom is -0.309 e. The number of nitrogens with zero attached hydrogens (tertiary/aromatic N) is 1. The fourth-order valence-electron chi connectivity index (χ4n) is 4.99. The third-order valence-corrected chi connectivity index (χ3v) is 5.52. The Bertz CT molecular complexity index is 392. The minimum absolute atomic E-state index is 0. The van der Waals surface area contributed by atoms with E-state index in [1.807, 2.05) is 12.4 Å². The van der Waals surface area contributed by atoms with Gasteiger partial charge in [-0.05, 0) is 73.5 Å². The monoisotopic (exact) mass is 278 g/mol. The van der Waals surface area contributed by atoms with Crippen molar-refractivity contribution in [3.8, 4) is 0 Å². The van der Waals surface area contributed by atoms with Crippen molar-refractivity contribution in [3.63, 3.8) is 0 Å². The van der Waals surface area contributed by atoms with E-state index in [-0.39, 0.29) is 12.4 Å². The molecule has 4 aliphatic rings. The SMILES string of the molecule is Cl.c1cc(CNC2C3CC4CC(C3)CC2C4)ccn1. The topological polar surface area (TPSA) is 24.9 Å². The number of aromatic nitrogens is 1. The summed E-state index contributed by atoms with van der Waals surface area (Å²) in [5.41, 5.74) is 1.37. The first-order chi connectivity index (χ1) is 8.88. The van der Waals surface area contributed by atoms with Crippen molar-refractivity contribution in [2.75, 3.05) is 0 Å². The van der Waals surface area contributed by atoms with Crippen LogP contribution < -0.4 is 5.32 Å². The van der Waals surface area contributed by atoms with Crippen molar-refractivity contribution in [3.05, 3.63) is 30.1 Å². The summed E-state index contributed by atoms with van der Waals surface area (Å²) in [7, 11) is 0. The number of halogens is 1. The highest BCUT2D eigenvalue weighted by Crippen LogP contribution is 2.53. The van der Waals surface area contributed by atoms with Gasteiger partial charge in [0.1, 0.15) is 0 Å². The Labute approximate surface area is 121 Å². The first-order valence-corrected chi connectivity index (χ1v) is 7.51. The molecule has 1 aromatic rings. The standard InChI is InChI=1S/C16H22N2.ClH/c1-3-17-4-2-11(1)10-18-16-14-6-12-5-13(8-14)9-15(16)7-12;/h1-4,12-16,18H,5-10H2;1H. The van der Waals surface area contributed by atoms with E-state index in [9.17, 15) is 0 Å². The van der Waals surface area contributed by atoms with Crippen LogP contribution in [0.1, 0.15) is 37.7 Å². The molecule has 3 heteroatoms. The molecule has 0 saturated heterocycles. The van der Waals surface area contributed by atoms with Gasteiger partial charge >= 0.3 is 0 Å². The van der Waals surface area contributed by atoms with Crippen molar-refractivity contribution in [2.24, 2.45) is 23.7 Å². The van der Waals surface area contributed by atoms with Crippen LogP contribution in [0.3, 0.4) is 0 Å². The van der Waals surface area contributed by atoms with E-state index in [0.717, 1.165) is 36.3 Å². The largest absolute Gasteiger partial charge is 0.309 e. The lowest BCUT2D eigenvalue weighted by Crippen LogP contribution is -2.54. The molecule has 1 N–H and O–H groups in total. The molecule has 2 nitrogen and oxygen atoms in total. The summed E-state index contributed by atoms with van der Waals surface area (Å²) in [6.45, 7) is 1.02. The Kier molecular flexibility index (Phi) is 3.81. The van der Waals surface area contributed by atoms with Gasteiger partial charge in [0.25, 0.3) is 0 Å². The highest BCUT2D eigenvalue weighted by Gasteiger charge is 2.47. The van der Waals surface area contributed by atoms with Crippen molar-refractivity contribution in [1.29, 1.82) is 0 Å². The second-order valence-corrected chi connectivity index (χ2v) is 6.69. The van der Waals surface area contributed by atoms with Gasteiger partial charge in [-0.25, -0.2) is 0 Å². The quantitative estimate of drug-likeness (QED) is 0.916. The zero-order chi connectivity index (χ0) is 11.9. The lowest BCUT2D eigenvalue weighted by Gasteiger charge is -2.54. The van der Waals surface area contributed by atoms with Crippen LogP contribution in [0.4, 0.5) is 0 Å². The summed E-state index contributed by atoms with van der Waals surface area (Å²) in [5, 5.41) is 3.85. The third kappa shape index (κ3) is 2.53. The van der Waals surface area contributed by atoms with E-state index in [2.05, 4.69) is 22.4 Å². The average molecular weight is 279 g/mol. The molecule has 5 rings (SSSR count). The highest BCUT2D eigenvalue weighted by atomic mass is 35.5. The first-order valence-electron chi connectivity index (χ1n) is 7.51. The van der Waals surface area contributed by atoms with Crippen LogP contribution in [-0.2, 0) is 6.54 Å². The number of hydrogen-bond donors (Lipinski definition) is 1. The van der Waals surface area contributed by atoms with Crippen LogP contribution in [0.5, 0.6) is 0 Å². The lowest BCUT2D eigenvalue weighted by molar-refractivity contribution is -0.0142. The van der Waals surface area contributed by atoms with Crippen LogP contribution in [-0.4, -0.2) is 11.0 Å². The summed E-state index contributed by atoms with van der Waals surface area (Å²) in [5.74, 6) is 4.10. The summed E-state index contributed by atoms with van der Waals surface area (Å²) >= 11 is 0. The normalized spacial score (nSPS) is 39.1. The highest BCUT2D eigenvalue weighted by molar-refractivity contribution is 5.85. The molecule has 0 radical (unpaired) electrons. The lowest BCUT2D eigenvalue weighted by atomic mass is 9.54. The molecular formula is C16H23ClN2. The summed E-state index contributed by atoms with van der Waals surface area (Å²) in [6, 6.07) is 5.05. The van der Waals surface area contributed by atoms with Gasteiger partial charge in [-0.2, -0.15) is 0 Å². The second-order valence-electron chi connectivity index (χ2n) is 6.69. The molecule has 104 valence electrons. The van der Waals surface area contributed by atoms with E-state index >= 15 is 0 Å². The molecule has 0 aromatic carbocycles. The van der Waals surface area contributed by atoms with Crippen LogP contribution in [0.15, 0.2) is 24.5 Å². The molecule has 4 saturated carbocycles. The molecule has 0 atom stereocenters. The van der Waals surface area contributed by atoms with Crippen molar-refractivity contribution in [1.82, 2.24) is 10.3 Å². The Balaban J connectivity index is 0.00000110. The van der Waals surface area contributed by atoms with E-state index in [0.29, 0.717) is 0 Å². The second kappa shape index (κ2) is 5.41. The van der Waals surface area contributed by atoms with Crippen LogP contribution in [0.2, 0.25) is 0 Å². The third-order valence-electron chi connectivity index (χ3n) is 5.52. The maximum absolute atomic E-state index is 4.09. The summed E-state index contributed by atoms with van der Waals surface area (Å²) in [6.07, 6.45) is 11.3. The van der Waals surface area contributed by atoms with Gasteiger partial charge in [-0.3, -0.25) is 4.98 Å². The summed E-state index contributed by atoms with van der Waals surface area (Å²) < 4.78 is 0. The fraction of sp³-hybridized carbons (Fsp3) is 0.688. The van der Waals surface area contributed by atoms with Gasteiger partial charge in [0.2, 0.25) is 0 Å². The molecule has 1 aromatic heterocycles. The summed E-state index contributed by atoms with van der Waals surface area (Å²) in [4.78, 5) is 4.09. The zero-order valence-electron chi connectivity index (χ0n) is 11.3. The Hall–Kier alpha value is -0.600. The van der Waals surface area contributed by atoms with Crippen molar-refractivity contribution in [2.45, 2.75) is 44.7 Å². The van der Waals surface area contributed by atoms with Gasteiger partial charge in [-0.1, -0.05) is 0 Å². The molecule has 4 fully saturated rings. The van der Waals surface area contributed by atoms with Crippen LogP contribution in [0, 0.1) is 23.7 Å². The Morgan fingerprint density at radius 2 is 1.53 bits per heavy atom. The maximum Gasteiger partial charge on any atom is 0.0271 e. The van der Waals surface area contributed by atoms with Gasteiger partial charge < -0.3 is 5.32 Å². The van der Waals surface area contributed by atoms with Crippen molar-refractivity contribution >= 4 is 12.4 Å². The predicted molar refractivity (Wildman–Crippen MR) is 79.2 cm³/mol. The van der Waals surface area contributed by atoms with Crippen LogP contribution >= 0.6 is 12.4 Å². The Morgan fingerprint density at radius 3 is 2.11 bits per heavy atom. The number of pyridine rings is 1. The first kappa shape index (κ1) is 13.4. The molecule has 0 aliphatic heterocycles. The average Bonchev–Trinajstić information content (AvgIpc) is 2.38. The van der Waals surface area contributed by atoms with E-state index in [1.54, 1.807) is 6.42 Å². The Morgan fingerprint density at radius 1 is 0.947 bits per heavy atom. The fourth-order valence-corrected chi connectivity index (χ4v) is 4.99. The van der Waals surface area contributed by atoms with Gasteiger partial charge in [0.15, 0.2) is 0 Å². The maximum atomic E-state index is 4.09. The predicted octanol–water partition coefficient (Wildman–Crippen LogP) is 3.42. The number of nitrogens with one attached hydrogen (secondary N) is 1. The van der Waals surface area contributed by atoms with E-state index < -0.39 is 0 Å². The van der Waals surface area contributed by atoms with E-state index in [4.69, 9.17) is 0 Å². The molecule has 4 aliphatic carbocycles. The van der Waals surface area contributed by atoms with E-state index in [1.165, 1.54) is 31.2 Å². The van der Waals surface area contributed by atoms with Crippen LogP contribution in [0.25, 0.3) is 0 Å². The molecule has 1 heterocycles. The zero-order valence-corrected chi connectivity index (χ0v) is 12.1. The molecule has 19 heavy (non-hydrogen) atoms. The minimum atomic E-state index is 0. The molecule has 0 spiro atoms.